The number of fused-ring (bicyclic) bond motifs is 2. The topological polar surface area (TPSA) is 180 Å². The molecule has 1 atom stereocenters. The molecule has 0 aliphatic heterocycles. The second kappa shape index (κ2) is 10.0. The third kappa shape index (κ3) is 5.39. The van der Waals surface area contributed by atoms with Crippen LogP contribution in [0.1, 0.15) is 61.9 Å². The fourth-order valence-electron chi connectivity index (χ4n) is 3.06. The van der Waals surface area contributed by atoms with Crippen LogP contribution in [0.5, 0.6) is 0 Å². The Morgan fingerprint density at radius 2 is 1.55 bits per heavy atom. The van der Waals surface area contributed by atoms with E-state index in [9.17, 15) is 28.8 Å². The van der Waals surface area contributed by atoms with E-state index >= 15 is 0 Å². The summed E-state index contributed by atoms with van der Waals surface area (Å²) in [4.78, 5) is 71.4. The SMILES string of the molecule is N[C@@H](CCC(=O)OCCOC(=O)CC(=O)c1cc2c(o1)C(=O)c1ccccc1C2=O)C(=O)O. The zero-order valence-electron chi connectivity index (χ0n) is 17.2. The molecule has 3 N–H and O–H groups in total. The van der Waals surface area contributed by atoms with E-state index in [0.29, 0.717) is 0 Å². The first-order chi connectivity index (χ1) is 15.7. The molecule has 0 saturated carbocycles. The number of hydrogen-bond donors (Lipinski definition) is 2. The molecule has 1 aliphatic rings. The maximum atomic E-state index is 12.6. The van der Waals surface area contributed by atoms with Crippen molar-refractivity contribution >= 4 is 35.3 Å². The maximum absolute atomic E-state index is 12.6. The number of rotatable bonds is 10. The number of carbonyl (C=O) groups is 6. The Kier molecular flexibility index (Phi) is 7.13. The first kappa shape index (κ1) is 23.5. The number of furan rings is 1. The molecule has 1 aromatic carbocycles. The van der Waals surface area contributed by atoms with Crippen LogP contribution >= 0.6 is 0 Å². The van der Waals surface area contributed by atoms with Gasteiger partial charge < -0.3 is 24.7 Å². The highest BCUT2D eigenvalue weighted by Gasteiger charge is 2.34. The fourth-order valence-corrected chi connectivity index (χ4v) is 3.06. The molecule has 0 unspecified atom stereocenters. The van der Waals surface area contributed by atoms with Gasteiger partial charge in [0.2, 0.25) is 11.6 Å². The highest BCUT2D eigenvalue weighted by molar-refractivity contribution is 6.28. The smallest absolute Gasteiger partial charge is 0.320 e. The fraction of sp³-hybridized carbons (Fsp3) is 0.273. The number of ketones is 3. The van der Waals surface area contributed by atoms with Gasteiger partial charge in [0.05, 0.1) is 5.56 Å². The zero-order valence-corrected chi connectivity index (χ0v) is 17.2. The number of carbonyl (C=O) groups excluding carboxylic acids is 5. The molecule has 11 nitrogen and oxygen atoms in total. The lowest BCUT2D eigenvalue weighted by Crippen LogP contribution is -2.30. The number of hydrogen-bond acceptors (Lipinski definition) is 10. The number of carboxylic acid groups (broad SMARTS) is 1. The van der Waals surface area contributed by atoms with Crippen molar-refractivity contribution in [2.45, 2.75) is 25.3 Å². The molecular weight excluding hydrogens is 438 g/mol. The van der Waals surface area contributed by atoms with Gasteiger partial charge in [-0.05, 0) is 12.5 Å². The van der Waals surface area contributed by atoms with E-state index in [2.05, 4.69) is 0 Å². The molecule has 0 amide bonds. The van der Waals surface area contributed by atoms with Gasteiger partial charge >= 0.3 is 17.9 Å². The Balaban J connectivity index is 1.48. The summed E-state index contributed by atoms with van der Waals surface area (Å²) in [5, 5.41) is 8.64. The lowest BCUT2D eigenvalue weighted by Gasteiger charge is -2.11. The van der Waals surface area contributed by atoms with Gasteiger partial charge in [-0.2, -0.15) is 0 Å². The summed E-state index contributed by atoms with van der Waals surface area (Å²) in [6, 6.07) is 6.13. The van der Waals surface area contributed by atoms with Gasteiger partial charge in [-0.3, -0.25) is 28.8 Å². The summed E-state index contributed by atoms with van der Waals surface area (Å²) in [5.74, 6) is -5.26. The summed E-state index contributed by atoms with van der Waals surface area (Å²) in [7, 11) is 0. The largest absolute Gasteiger partial charge is 0.480 e. The standard InChI is InChI=1S/C22H19NO10/c23-14(22(29)30)5-6-17(25)31-7-8-32-18(26)10-15(24)16-9-13-19(27)11-3-1-2-4-12(11)20(28)21(13)33-16/h1-4,9,14H,5-8,10,23H2,(H,29,30)/t14-/m0/s1. The second-order valence-corrected chi connectivity index (χ2v) is 7.08. The van der Waals surface area contributed by atoms with Crippen molar-refractivity contribution in [3.8, 4) is 0 Å². The summed E-state index contributed by atoms with van der Waals surface area (Å²) < 4.78 is 14.9. The summed E-state index contributed by atoms with van der Waals surface area (Å²) >= 11 is 0. The van der Waals surface area contributed by atoms with Crippen molar-refractivity contribution in [2.75, 3.05) is 13.2 Å². The predicted octanol–water partition coefficient (Wildman–Crippen LogP) is 0.906. The van der Waals surface area contributed by atoms with Crippen LogP contribution in [0.15, 0.2) is 34.7 Å². The van der Waals surface area contributed by atoms with Gasteiger partial charge in [-0.25, -0.2) is 0 Å². The molecule has 0 spiro atoms. The highest BCUT2D eigenvalue weighted by atomic mass is 16.6. The van der Waals surface area contributed by atoms with Crippen LogP contribution in [0.3, 0.4) is 0 Å². The Bertz CT molecular complexity index is 1090. The van der Waals surface area contributed by atoms with Crippen LogP contribution in [0.4, 0.5) is 0 Å². The van der Waals surface area contributed by atoms with Gasteiger partial charge in [0.25, 0.3) is 0 Å². The number of esters is 2. The minimum Gasteiger partial charge on any atom is -0.480 e. The molecule has 172 valence electrons. The Morgan fingerprint density at radius 1 is 0.939 bits per heavy atom. The van der Waals surface area contributed by atoms with Gasteiger partial charge in [0.1, 0.15) is 25.7 Å². The van der Waals surface area contributed by atoms with E-state index in [1.165, 1.54) is 12.1 Å². The van der Waals surface area contributed by atoms with E-state index in [4.69, 9.17) is 24.7 Å². The second-order valence-electron chi connectivity index (χ2n) is 7.08. The van der Waals surface area contributed by atoms with Crippen LogP contribution in [-0.2, 0) is 23.9 Å². The molecule has 1 aromatic heterocycles. The van der Waals surface area contributed by atoms with E-state index < -0.39 is 47.7 Å². The number of aliphatic carboxylic acids is 1. The molecular formula is C22H19NO10. The monoisotopic (exact) mass is 457 g/mol. The first-order valence-electron chi connectivity index (χ1n) is 9.84. The number of carboxylic acids is 1. The summed E-state index contributed by atoms with van der Waals surface area (Å²) in [6.07, 6.45) is -1.04. The highest BCUT2D eigenvalue weighted by Crippen LogP contribution is 2.30. The summed E-state index contributed by atoms with van der Waals surface area (Å²) in [6.45, 7) is -0.624. The van der Waals surface area contributed by atoms with Gasteiger partial charge in [-0.15, -0.1) is 0 Å². The first-order valence-corrected chi connectivity index (χ1v) is 9.84. The van der Waals surface area contributed by atoms with Crippen LogP contribution in [-0.4, -0.2) is 59.6 Å². The molecule has 0 fully saturated rings. The van der Waals surface area contributed by atoms with Crippen LogP contribution < -0.4 is 5.73 Å². The van der Waals surface area contributed by atoms with Gasteiger partial charge in [0, 0.05) is 17.5 Å². The van der Waals surface area contributed by atoms with Crippen molar-refractivity contribution < 1.29 is 47.8 Å². The van der Waals surface area contributed by atoms with Crippen molar-refractivity contribution in [3.63, 3.8) is 0 Å². The normalized spacial score (nSPS) is 13.0. The number of benzene rings is 1. The Morgan fingerprint density at radius 3 is 2.18 bits per heavy atom. The Labute approximate surface area is 186 Å². The van der Waals surface area contributed by atoms with Crippen LogP contribution in [0.25, 0.3) is 0 Å². The van der Waals surface area contributed by atoms with E-state index in [0.717, 1.165) is 6.07 Å². The summed E-state index contributed by atoms with van der Waals surface area (Å²) in [5.41, 5.74) is 5.59. The van der Waals surface area contributed by atoms with Crippen LogP contribution in [0, 0.1) is 0 Å². The van der Waals surface area contributed by atoms with Gasteiger partial charge in [0.15, 0.2) is 17.3 Å². The third-order valence-electron chi connectivity index (χ3n) is 4.77. The zero-order chi connectivity index (χ0) is 24.1. The average molecular weight is 457 g/mol. The quantitative estimate of drug-likeness (QED) is 0.191. The Hall–Kier alpha value is -4.12. The molecule has 11 heteroatoms. The molecule has 2 aromatic rings. The van der Waals surface area contributed by atoms with Crippen molar-refractivity contribution in [2.24, 2.45) is 5.73 Å². The molecule has 33 heavy (non-hydrogen) atoms. The van der Waals surface area contributed by atoms with E-state index in [1.807, 2.05) is 0 Å². The van der Waals surface area contributed by atoms with E-state index in [1.54, 1.807) is 12.1 Å². The number of ether oxygens (including phenoxy) is 2. The molecule has 3 rings (SSSR count). The lowest BCUT2D eigenvalue weighted by molar-refractivity contribution is -0.152. The molecule has 1 aliphatic carbocycles. The number of Topliss-reactive ketones (excluding diaryl/α,β-unsaturated/α-hetero) is 1. The molecule has 0 radical (unpaired) electrons. The number of nitrogens with two attached hydrogens (primary N) is 1. The van der Waals surface area contributed by atoms with Crippen molar-refractivity contribution in [3.05, 3.63) is 58.5 Å². The molecule has 0 bridgehead atoms. The van der Waals surface area contributed by atoms with Crippen molar-refractivity contribution in [1.82, 2.24) is 0 Å². The van der Waals surface area contributed by atoms with E-state index in [-0.39, 0.29) is 54.3 Å². The van der Waals surface area contributed by atoms with Gasteiger partial charge in [-0.1, -0.05) is 24.3 Å². The lowest BCUT2D eigenvalue weighted by atomic mass is 9.88. The predicted molar refractivity (Wildman–Crippen MR) is 108 cm³/mol. The van der Waals surface area contributed by atoms with Crippen molar-refractivity contribution in [1.29, 1.82) is 0 Å². The maximum Gasteiger partial charge on any atom is 0.320 e. The minimum absolute atomic E-state index is 0.0510. The molecule has 1 heterocycles. The molecule has 0 saturated heterocycles. The average Bonchev–Trinajstić information content (AvgIpc) is 3.25. The third-order valence-corrected chi connectivity index (χ3v) is 4.77. The minimum atomic E-state index is -1.24. The van der Waals surface area contributed by atoms with Crippen LogP contribution in [0.2, 0.25) is 0 Å².